The topological polar surface area (TPSA) is 49.2 Å². The van der Waals surface area contributed by atoms with E-state index in [0.717, 1.165) is 36.7 Å². The normalized spacial score (nSPS) is 14.4. The summed E-state index contributed by atoms with van der Waals surface area (Å²) in [5, 5.41) is 9.63. The number of aliphatic hydroxyl groups is 1. The van der Waals surface area contributed by atoms with Gasteiger partial charge >= 0.3 is 0 Å². The van der Waals surface area contributed by atoms with E-state index in [-0.39, 0.29) is 12.5 Å². The molecule has 0 amide bonds. The first-order valence-corrected chi connectivity index (χ1v) is 7.47. The van der Waals surface area contributed by atoms with Gasteiger partial charge in [0.1, 0.15) is 5.82 Å². The van der Waals surface area contributed by atoms with Crippen LogP contribution in [0.2, 0.25) is 0 Å². The van der Waals surface area contributed by atoms with Crippen LogP contribution in [0.15, 0.2) is 30.5 Å². The molecule has 0 saturated carbocycles. The number of hydrogen-bond acceptors (Lipinski definition) is 4. The summed E-state index contributed by atoms with van der Waals surface area (Å²) >= 11 is 0. The summed E-state index contributed by atoms with van der Waals surface area (Å²) in [4.78, 5) is 11.2. The molecule has 1 N–H and O–H groups in total. The molecule has 1 aromatic heterocycles. The van der Waals surface area contributed by atoms with Gasteiger partial charge < -0.3 is 10.0 Å². The zero-order valence-corrected chi connectivity index (χ0v) is 12.6. The van der Waals surface area contributed by atoms with Gasteiger partial charge in [0.15, 0.2) is 0 Å². The van der Waals surface area contributed by atoms with Gasteiger partial charge in [-0.25, -0.2) is 9.97 Å². The molecule has 21 heavy (non-hydrogen) atoms. The Morgan fingerprint density at radius 2 is 2.00 bits per heavy atom. The van der Waals surface area contributed by atoms with Crippen molar-refractivity contribution in [3.8, 4) is 0 Å². The molecule has 110 valence electrons. The first-order chi connectivity index (χ1) is 10.2. The summed E-state index contributed by atoms with van der Waals surface area (Å²) in [6.45, 7) is 5.87. The highest BCUT2D eigenvalue weighted by Crippen LogP contribution is 2.27. The van der Waals surface area contributed by atoms with E-state index in [0.29, 0.717) is 0 Å². The number of hydrogen-bond donors (Lipinski definition) is 1. The average molecular weight is 283 g/mol. The molecule has 1 aromatic carbocycles. The van der Waals surface area contributed by atoms with E-state index in [1.54, 1.807) is 0 Å². The molecule has 0 unspecified atom stereocenters. The van der Waals surface area contributed by atoms with Crippen LogP contribution < -0.4 is 4.90 Å². The van der Waals surface area contributed by atoms with Crippen LogP contribution in [-0.4, -0.2) is 21.6 Å². The first-order valence-electron chi connectivity index (χ1n) is 7.47. The Balaban J connectivity index is 1.91. The zero-order chi connectivity index (χ0) is 14.8. The van der Waals surface area contributed by atoms with Crippen LogP contribution in [0.25, 0.3) is 0 Å². The lowest BCUT2D eigenvalue weighted by Gasteiger charge is -2.31. The summed E-state index contributed by atoms with van der Waals surface area (Å²) in [6.07, 6.45) is 2.88. The van der Waals surface area contributed by atoms with Gasteiger partial charge in [-0.05, 0) is 17.5 Å². The largest absolute Gasteiger partial charge is 0.390 e. The smallest absolute Gasteiger partial charge is 0.131 e. The molecule has 0 atom stereocenters. The van der Waals surface area contributed by atoms with Crippen LogP contribution in [0.1, 0.15) is 42.4 Å². The van der Waals surface area contributed by atoms with Gasteiger partial charge in [0.05, 0.1) is 24.2 Å². The van der Waals surface area contributed by atoms with E-state index >= 15 is 0 Å². The second-order valence-corrected chi connectivity index (χ2v) is 5.81. The second kappa shape index (κ2) is 5.82. The van der Waals surface area contributed by atoms with Gasteiger partial charge in [-0.1, -0.05) is 38.1 Å². The fraction of sp³-hybridized carbons (Fsp3) is 0.412. The Kier molecular flexibility index (Phi) is 3.88. The standard InChI is InChI=1S/C17H21N3O/c1-12(2)17-18-9-16(15(11-21)19-17)20-8-7-13-5-3-4-6-14(13)10-20/h3-6,9,12,21H,7-8,10-11H2,1-2H3. The number of anilines is 1. The van der Waals surface area contributed by atoms with E-state index in [2.05, 4.69) is 53.0 Å². The lowest BCUT2D eigenvalue weighted by atomic mass is 9.99. The molecule has 4 heteroatoms. The first kappa shape index (κ1) is 14.0. The van der Waals surface area contributed by atoms with E-state index < -0.39 is 0 Å². The minimum atomic E-state index is -0.0459. The molecule has 2 heterocycles. The number of aliphatic hydroxyl groups excluding tert-OH is 1. The molecule has 1 aliphatic rings. The predicted molar refractivity (Wildman–Crippen MR) is 83.2 cm³/mol. The number of aromatic nitrogens is 2. The highest BCUT2D eigenvalue weighted by atomic mass is 16.3. The van der Waals surface area contributed by atoms with E-state index in [4.69, 9.17) is 0 Å². The van der Waals surface area contributed by atoms with Gasteiger partial charge in [0, 0.05) is 19.0 Å². The quantitative estimate of drug-likeness (QED) is 0.941. The fourth-order valence-electron chi connectivity index (χ4n) is 2.79. The summed E-state index contributed by atoms with van der Waals surface area (Å²) in [7, 11) is 0. The SMILES string of the molecule is CC(C)c1ncc(N2CCc3ccccc3C2)c(CO)n1. The molecule has 3 rings (SSSR count). The number of fused-ring (bicyclic) bond motifs is 1. The molecule has 0 bridgehead atoms. The predicted octanol–water partition coefficient (Wildman–Crippen LogP) is 2.66. The third kappa shape index (κ3) is 2.76. The molecule has 0 saturated heterocycles. The number of benzene rings is 1. The minimum absolute atomic E-state index is 0.0459. The Morgan fingerprint density at radius 3 is 2.71 bits per heavy atom. The van der Waals surface area contributed by atoms with Crippen LogP contribution in [0.3, 0.4) is 0 Å². The molecular formula is C17H21N3O. The number of rotatable bonds is 3. The maximum Gasteiger partial charge on any atom is 0.131 e. The molecule has 0 fully saturated rings. The molecular weight excluding hydrogens is 262 g/mol. The molecule has 0 radical (unpaired) electrons. The third-order valence-electron chi connectivity index (χ3n) is 4.00. The Morgan fingerprint density at radius 1 is 1.24 bits per heavy atom. The third-order valence-corrected chi connectivity index (χ3v) is 4.00. The van der Waals surface area contributed by atoms with Gasteiger partial charge in [0.2, 0.25) is 0 Å². The van der Waals surface area contributed by atoms with Crippen molar-refractivity contribution in [1.82, 2.24) is 9.97 Å². The summed E-state index contributed by atoms with van der Waals surface area (Å²) in [5.74, 6) is 1.06. The lowest BCUT2D eigenvalue weighted by molar-refractivity contribution is 0.276. The maximum atomic E-state index is 9.63. The molecule has 2 aromatic rings. The Labute approximate surface area is 125 Å². The second-order valence-electron chi connectivity index (χ2n) is 5.81. The van der Waals surface area contributed by atoms with Crippen LogP contribution in [0.4, 0.5) is 5.69 Å². The molecule has 0 aliphatic carbocycles. The Hall–Kier alpha value is -1.94. The van der Waals surface area contributed by atoms with Crippen molar-refractivity contribution in [2.45, 2.75) is 39.3 Å². The minimum Gasteiger partial charge on any atom is -0.390 e. The average Bonchev–Trinajstić information content (AvgIpc) is 2.53. The van der Waals surface area contributed by atoms with Gasteiger partial charge in [-0.3, -0.25) is 0 Å². The van der Waals surface area contributed by atoms with Crippen molar-refractivity contribution >= 4 is 5.69 Å². The van der Waals surface area contributed by atoms with E-state index in [1.165, 1.54) is 11.1 Å². The van der Waals surface area contributed by atoms with Gasteiger partial charge in [-0.15, -0.1) is 0 Å². The van der Waals surface area contributed by atoms with Crippen molar-refractivity contribution in [3.63, 3.8) is 0 Å². The van der Waals surface area contributed by atoms with Crippen molar-refractivity contribution in [2.24, 2.45) is 0 Å². The highest BCUT2D eigenvalue weighted by Gasteiger charge is 2.20. The van der Waals surface area contributed by atoms with Crippen molar-refractivity contribution in [2.75, 3.05) is 11.4 Å². The van der Waals surface area contributed by atoms with E-state index in [9.17, 15) is 5.11 Å². The van der Waals surface area contributed by atoms with Crippen molar-refractivity contribution < 1.29 is 5.11 Å². The van der Waals surface area contributed by atoms with Crippen molar-refractivity contribution in [3.05, 3.63) is 53.1 Å². The molecule has 0 spiro atoms. The number of nitrogens with zero attached hydrogens (tertiary/aromatic N) is 3. The zero-order valence-electron chi connectivity index (χ0n) is 12.6. The highest BCUT2D eigenvalue weighted by molar-refractivity contribution is 5.51. The van der Waals surface area contributed by atoms with E-state index in [1.807, 2.05) is 6.20 Å². The molecule has 4 nitrogen and oxygen atoms in total. The summed E-state index contributed by atoms with van der Waals surface area (Å²) in [6, 6.07) is 8.53. The van der Waals surface area contributed by atoms with Crippen LogP contribution >= 0.6 is 0 Å². The van der Waals surface area contributed by atoms with Crippen LogP contribution in [0.5, 0.6) is 0 Å². The summed E-state index contributed by atoms with van der Waals surface area (Å²) < 4.78 is 0. The Bertz CT molecular complexity index is 640. The van der Waals surface area contributed by atoms with Gasteiger partial charge in [-0.2, -0.15) is 0 Å². The fourth-order valence-corrected chi connectivity index (χ4v) is 2.79. The lowest BCUT2D eigenvalue weighted by Crippen LogP contribution is -2.31. The maximum absolute atomic E-state index is 9.63. The molecule has 1 aliphatic heterocycles. The summed E-state index contributed by atoms with van der Waals surface area (Å²) in [5.41, 5.74) is 4.45. The van der Waals surface area contributed by atoms with Crippen LogP contribution in [-0.2, 0) is 19.6 Å². The monoisotopic (exact) mass is 283 g/mol. The van der Waals surface area contributed by atoms with Gasteiger partial charge in [0.25, 0.3) is 0 Å². The van der Waals surface area contributed by atoms with Crippen LogP contribution in [0, 0.1) is 0 Å². The van der Waals surface area contributed by atoms with Crippen molar-refractivity contribution in [1.29, 1.82) is 0 Å².